The van der Waals surface area contributed by atoms with E-state index in [4.69, 9.17) is 9.52 Å². The van der Waals surface area contributed by atoms with Gasteiger partial charge in [-0.15, -0.1) is 0 Å². The molecule has 1 aromatic carbocycles. The van der Waals surface area contributed by atoms with Crippen LogP contribution in [0.5, 0.6) is 0 Å². The number of imide groups is 1. The van der Waals surface area contributed by atoms with Crippen LogP contribution in [0.25, 0.3) is 0 Å². The first kappa shape index (κ1) is 22.0. The zero-order valence-electron chi connectivity index (χ0n) is 18.5. The minimum atomic E-state index is -0.189. The minimum Gasteiger partial charge on any atom is -0.364 e. The van der Waals surface area contributed by atoms with E-state index < -0.39 is 0 Å². The third-order valence-electron chi connectivity index (χ3n) is 5.81. The second-order valence-corrected chi connectivity index (χ2v) is 8.00. The number of unbranched alkanes of at least 4 members (excludes halogenated alkanes) is 1. The van der Waals surface area contributed by atoms with Crippen LogP contribution in [0.15, 0.2) is 46.1 Å². The lowest BCUT2D eigenvalue weighted by Crippen LogP contribution is -2.52. The molecule has 2 aliphatic rings. The topological polar surface area (TPSA) is 94.3 Å². The van der Waals surface area contributed by atoms with Crippen LogP contribution in [0.2, 0.25) is 0 Å². The van der Waals surface area contributed by atoms with Crippen molar-refractivity contribution >= 4 is 17.8 Å². The summed E-state index contributed by atoms with van der Waals surface area (Å²) >= 11 is 0. The summed E-state index contributed by atoms with van der Waals surface area (Å²) in [5.74, 6) is 0.547. The lowest BCUT2D eigenvalue weighted by Gasteiger charge is -2.36. The molecule has 0 atom stereocenters. The monoisotopic (exact) mass is 438 g/mol. The molecule has 1 aromatic heterocycles. The highest BCUT2D eigenvalue weighted by molar-refractivity contribution is 6.21. The predicted octanol–water partition coefficient (Wildman–Crippen LogP) is 1.83. The Balaban J connectivity index is 1.22. The molecule has 9 nitrogen and oxygen atoms in total. The van der Waals surface area contributed by atoms with Gasteiger partial charge < -0.3 is 14.7 Å². The smallest absolute Gasteiger partial charge is 0.261 e. The van der Waals surface area contributed by atoms with Crippen molar-refractivity contribution in [3.63, 3.8) is 0 Å². The lowest BCUT2D eigenvalue weighted by molar-refractivity contribution is 0.0652. The number of benzene rings is 1. The molecule has 0 aliphatic carbocycles. The summed E-state index contributed by atoms with van der Waals surface area (Å²) in [6.45, 7) is 8.46. The van der Waals surface area contributed by atoms with Crippen LogP contribution < -0.4 is 5.32 Å². The van der Waals surface area contributed by atoms with E-state index in [-0.39, 0.29) is 11.8 Å². The van der Waals surface area contributed by atoms with Gasteiger partial charge >= 0.3 is 0 Å². The summed E-state index contributed by atoms with van der Waals surface area (Å²) in [5.41, 5.74) is 1.97. The Labute approximate surface area is 188 Å². The van der Waals surface area contributed by atoms with Crippen LogP contribution in [0.1, 0.15) is 46.2 Å². The molecule has 0 saturated carbocycles. The molecule has 2 aliphatic heterocycles. The molecule has 3 heterocycles. The van der Waals surface area contributed by atoms with Crippen LogP contribution >= 0.6 is 0 Å². The number of carbonyl (C=O) groups is 2. The number of aromatic nitrogens is 1. The molecule has 1 N–H and O–H groups in total. The molecule has 0 radical (unpaired) electrons. The average molecular weight is 439 g/mol. The summed E-state index contributed by atoms with van der Waals surface area (Å²) in [7, 11) is 0. The molecule has 2 aromatic rings. The summed E-state index contributed by atoms with van der Waals surface area (Å²) in [6, 6.07) is 8.92. The van der Waals surface area contributed by atoms with E-state index in [9.17, 15) is 9.59 Å². The maximum Gasteiger partial charge on any atom is 0.261 e. The Morgan fingerprint density at radius 2 is 1.78 bits per heavy atom. The standard InChI is InChI=1S/C23H30N6O3/c1-2-24-23(28-14-12-27(13-15-28)17-18-9-16-32-26-18)25-10-5-6-11-29-21(30)19-7-3-4-8-20(19)22(29)31/h3-4,7-9,16H,2,5-6,10-15,17H2,1H3,(H,24,25). The number of guanidine groups is 1. The van der Waals surface area contributed by atoms with Crippen molar-refractivity contribution in [2.24, 2.45) is 4.99 Å². The van der Waals surface area contributed by atoms with E-state index >= 15 is 0 Å². The van der Waals surface area contributed by atoms with Gasteiger partial charge in [0.1, 0.15) is 6.26 Å². The number of rotatable bonds is 8. The highest BCUT2D eigenvalue weighted by atomic mass is 16.5. The number of piperazine rings is 1. The third kappa shape index (κ3) is 4.99. The molecule has 9 heteroatoms. The SMILES string of the molecule is CCNC(=NCCCCN1C(=O)c2ccccc2C1=O)N1CCN(Cc2ccon2)CC1. The lowest BCUT2D eigenvalue weighted by atomic mass is 10.1. The summed E-state index contributed by atoms with van der Waals surface area (Å²) in [6.07, 6.45) is 3.16. The molecule has 32 heavy (non-hydrogen) atoms. The Kier molecular flexibility index (Phi) is 7.16. The van der Waals surface area contributed by atoms with Gasteiger partial charge in [-0.2, -0.15) is 0 Å². The Bertz CT molecular complexity index is 915. The fourth-order valence-corrected chi connectivity index (χ4v) is 4.10. The Morgan fingerprint density at radius 3 is 2.41 bits per heavy atom. The van der Waals surface area contributed by atoms with Crippen LogP contribution in [0, 0.1) is 0 Å². The summed E-state index contributed by atoms with van der Waals surface area (Å²) in [4.78, 5) is 35.7. The van der Waals surface area contributed by atoms with Gasteiger partial charge in [-0.25, -0.2) is 0 Å². The van der Waals surface area contributed by atoms with E-state index in [1.54, 1.807) is 30.5 Å². The molecular formula is C23H30N6O3. The van der Waals surface area contributed by atoms with Crippen molar-refractivity contribution in [2.75, 3.05) is 45.8 Å². The molecule has 170 valence electrons. The Hall–Kier alpha value is -3.20. The number of carbonyl (C=O) groups excluding carboxylic acids is 2. The molecule has 1 saturated heterocycles. The van der Waals surface area contributed by atoms with Gasteiger partial charge in [-0.05, 0) is 31.9 Å². The minimum absolute atomic E-state index is 0.189. The van der Waals surface area contributed by atoms with E-state index in [1.165, 1.54) is 4.90 Å². The zero-order valence-corrected chi connectivity index (χ0v) is 18.5. The number of amides is 2. The summed E-state index contributed by atoms with van der Waals surface area (Å²) < 4.78 is 4.92. The number of hydrogen-bond donors (Lipinski definition) is 1. The van der Waals surface area contributed by atoms with Gasteiger partial charge in [0.2, 0.25) is 0 Å². The van der Waals surface area contributed by atoms with E-state index in [1.807, 2.05) is 6.07 Å². The first-order valence-electron chi connectivity index (χ1n) is 11.3. The van der Waals surface area contributed by atoms with Crippen molar-refractivity contribution in [1.82, 2.24) is 25.2 Å². The van der Waals surface area contributed by atoms with Gasteiger partial charge in [0.15, 0.2) is 5.96 Å². The first-order chi connectivity index (χ1) is 15.7. The number of hydrogen-bond acceptors (Lipinski definition) is 6. The quantitative estimate of drug-likeness (QED) is 0.291. The van der Waals surface area contributed by atoms with Crippen molar-refractivity contribution in [3.8, 4) is 0 Å². The highest BCUT2D eigenvalue weighted by Crippen LogP contribution is 2.22. The predicted molar refractivity (Wildman–Crippen MR) is 120 cm³/mol. The van der Waals surface area contributed by atoms with Gasteiger partial charge in [0, 0.05) is 58.4 Å². The van der Waals surface area contributed by atoms with Gasteiger partial charge in [-0.3, -0.25) is 24.4 Å². The van der Waals surface area contributed by atoms with Gasteiger partial charge in [0.05, 0.1) is 16.8 Å². The number of fused-ring (bicyclic) bond motifs is 1. The maximum absolute atomic E-state index is 12.4. The first-order valence-corrected chi connectivity index (χ1v) is 11.3. The highest BCUT2D eigenvalue weighted by Gasteiger charge is 2.34. The van der Waals surface area contributed by atoms with Crippen LogP contribution in [-0.2, 0) is 6.54 Å². The van der Waals surface area contributed by atoms with Crippen molar-refractivity contribution in [2.45, 2.75) is 26.3 Å². The van der Waals surface area contributed by atoms with Crippen molar-refractivity contribution < 1.29 is 14.1 Å². The van der Waals surface area contributed by atoms with Gasteiger partial charge in [-0.1, -0.05) is 17.3 Å². The largest absolute Gasteiger partial charge is 0.364 e. The molecule has 1 fully saturated rings. The average Bonchev–Trinajstić information content (AvgIpc) is 3.41. The molecule has 0 spiro atoms. The third-order valence-corrected chi connectivity index (χ3v) is 5.81. The maximum atomic E-state index is 12.4. The fraction of sp³-hybridized carbons (Fsp3) is 0.478. The van der Waals surface area contributed by atoms with Crippen LogP contribution in [0.3, 0.4) is 0 Å². The zero-order chi connectivity index (χ0) is 22.3. The molecule has 0 bridgehead atoms. The number of aliphatic imine (C=N–C) groups is 1. The molecule has 2 amide bonds. The number of nitrogens with one attached hydrogen (secondary N) is 1. The second-order valence-electron chi connectivity index (χ2n) is 8.00. The molecular weight excluding hydrogens is 408 g/mol. The van der Waals surface area contributed by atoms with E-state index in [0.29, 0.717) is 24.2 Å². The van der Waals surface area contributed by atoms with Crippen molar-refractivity contribution in [3.05, 3.63) is 53.4 Å². The van der Waals surface area contributed by atoms with Crippen LogP contribution in [0.4, 0.5) is 0 Å². The Morgan fingerprint density at radius 1 is 1.06 bits per heavy atom. The normalized spacial score (nSPS) is 17.2. The fourth-order valence-electron chi connectivity index (χ4n) is 4.10. The molecule has 4 rings (SSSR count). The van der Waals surface area contributed by atoms with Crippen LogP contribution in [-0.4, -0.2) is 83.4 Å². The van der Waals surface area contributed by atoms with E-state index in [0.717, 1.165) is 63.8 Å². The van der Waals surface area contributed by atoms with Crippen molar-refractivity contribution in [1.29, 1.82) is 0 Å². The summed E-state index contributed by atoms with van der Waals surface area (Å²) in [5, 5.41) is 7.37. The second kappa shape index (κ2) is 10.4. The van der Waals surface area contributed by atoms with Gasteiger partial charge in [0.25, 0.3) is 11.8 Å². The number of nitrogens with zero attached hydrogens (tertiary/aromatic N) is 5. The molecule has 0 unspecified atom stereocenters. The van der Waals surface area contributed by atoms with E-state index in [2.05, 4.69) is 27.2 Å².